The van der Waals surface area contributed by atoms with Crippen LogP contribution in [0.3, 0.4) is 0 Å². The van der Waals surface area contributed by atoms with Gasteiger partial charge >= 0.3 is 0 Å². The molecule has 0 radical (unpaired) electrons. The summed E-state index contributed by atoms with van der Waals surface area (Å²) >= 11 is 0. The Bertz CT molecular complexity index is 970. The molecule has 1 aliphatic heterocycles. The van der Waals surface area contributed by atoms with Crippen molar-refractivity contribution in [3.8, 4) is 11.3 Å². The maximum absolute atomic E-state index is 11.8. The van der Waals surface area contributed by atoms with Gasteiger partial charge in [-0.1, -0.05) is 24.3 Å². The van der Waals surface area contributed by atoms with Gasteiger partial charge in [0.25, 0.3) is 0 Å². The lowest BCUT2D eigenvalue weighted by atomic mass is 9.46. The molecule has 1 amide bonds. The highest BCUT2D eigenvalue weighted by Gasteiger charge is 2.58. The molecule has 1 aromatic carbocycles. The summed E-state index contributed by atoms with van der Waals surface area (Å²) in [7, 11) is 0. The van der Waals surface area contributed by atoms with Gasteiger partial charge in [0.1, 0.15) is 6.61 Å². The fourth-order valence-corrected chi connectivity index (χ4v) is 7.60. The average molecular weight is 408 g/mol. The van der Waals surface area contributed by atoms with Crippen LogP contribution in [0.1, 0.15) is 50.1 Å². The molecule has 158 valence electrons. The van der Waals surface area contributed by atoms with Crippen molar-refractivity contribution >= 4 is 5.91 Å². The van der Waals surface area contributed by atoms with Gasteiger partial charge in [0.15, 0.2) is 0 Å². The molecule has 0 spiro atoms. The van der Waals surface area contributed by atoms with Gasteiger partial charge in [-0.15, -0.1) is 0 Å². The summed E-state index contributed by atoms with van der Waals surface area (Å²) in [5, 5.41) is 23.9. The van der Waals surface area contributed by atoms with Crippen LogP contribution in [0.4, 0.5) is 0 Å². The van der Waals surface area contributed by atoms with Gasteiger partial charge in [0.05, 0.1) is 30.4 Å². The summed E-state index contributed by atoms with van der Waals surface area (Å²) in [6, 6.07) is 8.76. The molecule has 6 nitrogen and oxygen atoms in total. The fraction of sp³-hybridized carbons (Fsp3) is 0.583. The Labute approximate surface area is 176 Å². The molecule has 4 aliphatic carbocycles. The van der Waals surface area contributed by atoms with Gasteiger partial charge in [-0.2, -0.15) is 0 Å². The van der Waals surface area contributed by atoms with Crippen molar-refractivity contribution in [3.63, 3.8) is 0 Å². The second-order valence-electron chi connectivity index (χ2n) is 10.1. The van der Waals surface area contributed by atoms with Crippen LogP contribution in [-0.2, 0) is 4.79 Å². The third-order valence-electron chi connectivity index (χ3n) is 8.54. The van der Waals surface area contributed by atoms with Crippen LogP contribution in [-0.4, -0.2) is 44.4 Å². The van der Waals surface area contributed by atoms with Crippen molar-refractivity contribution < 1.29 is 15.0 Å². The number of hydrogen-bond acceptors (Lipinski definition) is 4. The van der Waals surface area contributed by atoms with E-state index < -0.39 is 6.61 Å². The summed E-state index contributed by atoms with van der Waals surface area (Å²) in [6.07, 6.45) is 9.49. The van der Waals surface area contributed by atoms with Gasteiger partial charge in [-0.3, -0.25) is 4.79 Å². The van der Waals surface area contributed by atoms with E-state index in [1.54, 1.807) is 0 Å². The van der Waals surface area contributed by atoms with Crippen molar-refractivity contribution in [1.82, 2.24) is 14.9 Å². The molecule has 3 N–H and O–H groups in total. The summed E-state index contributed by atoms with van der Waals surface area (Å²) in [5.41, 5.74) is 3.60. The van der Waals surface area contributed by atoms with Gasteiger partial charge in [0.2, 0.25) is 5.91 Å². The lowest BCUT2D eigenvalue weighted by Crippen LogP contribution is -2.62. The number of nitrogens with zero attached hydrogens (tertiary/aromatic N) is 2. The number of fused-ring (bicyclic) bond motifs is 3. The second kappa shape index (κ2) is 6.66. The maximum Gasteiger partial charge on any atom is 0.245 e. The molecular formula is C24H29N3O3. The van der Waals surface area contributed by atoms with E-state index in [2.05, 4.69) is 39.1 Å². The lowest BCUT2D eigenvalue weighted by Gasteiger charge is -2.61. The first kappa shape index (κ1) is 18.6. The van der Waals surface area contributed by atoms with Crippen LogP contribution in [0.5, 0.6) is 0 Å². The van der Waals surface area contributed by atoms with Gasteiger partial charge < -0.3 is 20.1 Å². The molecule has 6 heteroatoms. The van der Waals surface area contributed by atoms with Gasteiger partial charge in [-0.25, -0.2) is 4.98 Å². The Hall–Kier alpha value is -2.18. The van der Waals surface area contributed by atoms with Crippen molar-refractivity contribution in [1.29, 1.82) is 0 Å². The SMILES string of the molecule is O=C(CO)NC1C2CC3C[C@@H]1CC(C(O)CC1c4ccccc4-c4cncn41)(C3)C2. The number of amides is 1. The van der Waals surface area contributed by atoms with E-state index >= 15 is 0 Å². The lowest BCUT2D eigenvalue weighted by molar-refractivity contribution is -0.146. The van der Waals surface area contributed by atoms with Crippen LogP contribution in [0, 0.1) is 23.2 Å². The first-order valence-corrected chi connectivity index (χ1v) is 11.3. The molecule has 4 bridgehead atoms. The number of aliphatic hydroxyl groups excluding tert-OH is 2. The zero-order chi connectivity index (χ0) is 20.5. The van der Waals surface area contributed by atoms with Crippen molar-refractivity contribution in [2.75, 3.05) is 6.61 Å². The Morgan fingerprint density at radius 1 is 1.23 bits per heavy atom. The van der Waals surface area contributed by atoms with Crippen LogP contribution in [0.25, 0.3) is 11.3 Å². The molecule has 2 aromatic rings. The molecular weight excluding hydrogens is 378 g/mol. The summed E-state index contributed by atoms with van der Waals surface area (Å²) in [5.74, 6) is 1.22. The monoisotopic (exact) mass is 407 g/mol. The topological polar surface area (TPSA) is 87.4 Å². The van der Waals surface area contributed by atoms with E-state index in [1.807, 2.05) is 12.5 Å². The summed E-state index contributed by atoms with van der Waals surface area (Å²) in [4.78, 5) is 16.2. The Morgan fingerprint density at radius 3 is 2.77 bits per heavy atom. The van der Waals surface area contributed by atoms with Crippen LogP contribution < -0.4 is 5.32 Å². The average Bonchev–Trinajstić information content (AvgIpc) is 3.33. The molecule has 30 heavy (non-hydrogen) atoms. The second-order valence-corrected chi connectivity index (χ2v) is 10.1. The van der Waals surface area contributed by atoms with Crippen molar-refractivity contribution in [2.24, 2.45) is 23.2 Å². The standard InChI is InChI=1S/C24H29N3O3/c28-12-22(30)26-23-15-5-14-6-16(23)10-24(8-14,9-15)21(29)7-19-17-3-1-2-4-18(17)20-11-25-13-27(19)20/h1-4,11,13-16,19,21,23,28-29H,5-10,12H2,(H,26,30)/t14?,15-,16?,19?,21?,23?,24?/m1/s1. The van der Waals surface area contributed by atoms with Gasteiger partial charge in [-0.05, 0) is 67.3 Å². The van der Waals surface area contributed by atoms with E-state index in [-0.39, 0.29) is 29.5 Å². The number of imidazole rings is 1. The molecule has 4 saturated carbocycles. The predicted molar refractivity (Wildman–Crippen MR) is 111 cm³/mol. The Kier molecular flexibility index (Phi) is 4.12. The fourth-order valence-electron chi connectivity index (χ4n) is 7.60. The molecule has 0 saturated heterocycles. The molecule has 5 aliphatic rings. The smallest absolute Gasteiger partial charge is 0.245 e. The Morgan fingerprint density at radius 2 is 2.00 bits per heavy atom. The van der Waals surface area contributed by atoms with Crippen molar-refractivity contribution in [3.05, 3.63) is 42.4 Å². The third kappa shape index (κ3) is 2.63. The Balaban J connectivity index is 1.26. The number of carbonyl (C=O) groups excluding carboxylic acids is 1. The molecule has 4 fully saturated rings. The van der Waals surface area contributed by atoms with Crippen LogP contribution in [0.2, 0.25) is 0 Å². The van der Waals surface area contributed by atoms with E-state index in [4.69, 9.17) is 0 Å². The van der Waals surface area contributed by atoms with Crippen molar-refractivity contribution in [2.45, 2.75) is 56.7 Å². The number of rotatable bonds is 5. The number of nitrogens with one attached hydrogen (secondary N) is 1. The molecule has 2 heterocycles. The van der Waals surface area contributed by atoms with Crippen LogP contribution >= 0.6 is 0 Å². The van der Waals surface area contributed by atoms with E-state index in [9.17, 15) is 15.0 Å². The summed E-state index contributed by atoms with van der Waals surface area (Å²) < 4.78 is 2.22. The van der Waals surface area contributed by atoms with Gasteiger partial charge in [0, 0.05) is 11.6 Å². The minimum atomic E-state index is -0.443. The molecule has 7 rings (SSSR count). The van der Waals surface area contributed by atoms with E-state index in [1.165, 1.54) is 11.1 Å². The number of benzene rings is 1. The molecule has 7 atom stereocenters. The highest BCUT2D eigenvalue weighted by atomic mass is 16.3. The number of hydrogen-bond donors (Lipinski definition) is 3. The molecule has 1 aromatic heterocycles. The highest BCUT2D eigenvalue weighted by molar-refractivity contribution is 5.77. The number of aromatic nitrogens is 2. The zero-order valence-corrected chi connectivity index (χ0v) is 17.1. The largest absolute Gasteiger partial charge is 0.392 e. The zero-order valence-electron chi connectivity index (χ0n) is 17.1. The van der Waals surface area contributed by atoms with E-state index in [0.717, 1.165) is 37.8 Å². The first-order valence-electron chi connectivity index (χ1n) is 11.3. The maximum atomic E-state index is 11.8. The predicted octanol–water partition coefficient (Wildman–Crippen LogP) is 2.51. The highest BCUT2D eigenvalue weighted by Crippen LogP contribution is 2.62. The van der Waals surface area contributed by atoms with Crippen LogP contribution in [0.15, 0.2) is 36.8 Å². The first-order chi connectivity index (χ1) is 14.6. The quantitative estimate of drug-likeness (QED) is 0.711. The molecule has 6 unspecified atom stereocenters. The van der Waals surface area contributed by atoms with E-state index in [0.29, 0.717) is 24.2 Å². The summed E-state index contributed by atoms with van der Waals surface area (Å²) in [6.45, 7) is -0.443. The minimum Gasteiger partial charge on any atom is -0.392 e. The third-order valence-corrected chi connectivity index (χ3v) is 8.54. The minimum absolute atomic E-state index is 0.0464. The normalized spacial score (nSPS) is 36.4. The number of carbonyl (C=O) groups is 1. The number of aliphatic hydroxyl groups is 2.